The van der Waals surface area contributed by atoms with Crippen molar-refractivity contribution in [2.45, 2.75) is 64.7 Å². The molecule has 0 unspecified atom stereocenters. The summed E-state index contributed by atoms with van der Waals surface area (Å²) in [6.07, 6.45) is 4.38. The van der Waals surface area contributed by atoms with Gasteiger partial charge in [0.2, 0.25) is 0 Å². The number of ketones is 2. The van der Waals surface area contributed by atoms with Crippen LogP contribution in [0.3, 0.4) is 0 Å². The van der Waals surface area contributed by atoms with E-state index in [0.717, 1.165) is 65.2 Å². The third-order valence-electron chi connectivity index (χ3n) is 4.91. The summed E-state index contributed by atoms with van der Waals surface area (Å²) in [6, 6.07) is 9.30. The van der Waals surface area contributed by atoms with Gasteiger partial charge in [-0.3, -0.25) is 9.59 Å². The molecule has 0 aliphatic rings. The van der Waals surface area contributed by atoms with Crippen LogP contribution in [0, 0.1) is 0 Å². The van der Waals surface area contributed by atoms with Crippen LogP contribution in [0.5, 0.6) is 11.5 Å². The molecule has 0 saturated heterocycles. The van der Waals surface area contributed by atoms with Crippen LogP contribution < -0.4 is 4.74 Å². The van der Waals surface area contributed by atoms with Crippen molar-refractivity contribution in [1.29, 1.82) is 0 Å². The number of aryl methyl sites for hydroxylation is 1. The largest absolute Gasteiger partial charge is 0.507 e. The quantitative estimate of drug-likeness (QED) is 0.245. The van der Waals surface area contributed by atoms with Gasteiger partial charge in [0.15, 0.2) is 11.6 Å². The van der Waals surface area contributed by atoms with E-state index >= 15 is 0 Å². The Balaban J connectivity index is 1.97. The number of thioether (sulfide) groups is 1. The molecule has 2 rings (SSSR count). The Morgan fingerprint density at radius 3 is 2.37 bits per heavy atom. The predicted octanol–water partition coefficient (Wildman–Crippen LogP) is 6.26. The van der Waals surface area contributed by atoms with Crippen LogP contribution in [0.4, 0.5) is 0 Å². The molecular formula is C25H32O4S. The molecule has 2 aromatic carbocycles. The summed E-state index contributed by atoms with van der Waals surface area (Å²) in [5, 5.41) is 10.5. The van der Waals surface area contributed by atoms with Gasteiger partial charge in [0.1, 0.15) is 11.5 Å². The van der Waals surface area contributed by atoms with Crippen molar-refractivity contribution < 1.29 is 19.4 Å². The zero-order valence-electron chi connectivity index (χ0n) is 18.4. The molecule has 0 heterocycles. The van der Waals surface area contributed by atoms with Gasteiger partial charge < -0.3 is 9.84 Å². The monoisotopic (exact) mass is 428 g/mol. The summed E-state index contributed by atoms with van der Waals surface area (Å²) >= 11 is 1.68. The third kappa shape index (κ3) is 6.36. The first-order valence-corrected chi connectivity index (χ1v) is 11.6. The Hall–Kier alpha value is -2.27. The molecule has 162 valence electrons. The van der Waals surface area contributed by atoms with Crippen LogP contribution in [0.1, 0.15) is 78.8 Å². The van der Waals surface area contributed by atoms with Gasteiger partial charge in [-0.25, -0.2) is 0 Å². The molecule has 0 aliphatic carbocycles. The highest BCUT2D eigenvalue weighted by Gasteiger charge is 2.15. The van der Waals surface area contributed by atoms with Crippen LogP contribution in [-0.2, 0) is 12.8 Å². The molecule has 0 fully saturated rings. The number of phenolic OH excluding ortho intramolecular Hbond substituents is 1. The smallest absolute Gasteiger partial charge is 0.163 e. The van der Waals surface area contributed by atoms with Crippen molar-refractivity contribution in [3.8, 4) is 11.5 Å². The highest BCUT2D eigenvalue weighted by molar-refractivity contribution is 7.99. The van der Waals surface area contributed by atoms with E-state index in [9.17, 15) is 14.7 Å². The normalized spacial score (nSPS) is 10.8. The van der Waals surface area contributed by atoms with Gasteiger partial charge in [-0.1, -0.05) is 26.7 Å². The lowest BCUT2D eigenvalue weighted by atomic mass is 10.0. The molecule has 4 nitrogen and oxygen atoms in total. The van der Waals surface area contributed by atoms with E-state index in [-0.39, 0.29) is 17.3 Å². The van der Waals surface area contributed by atoms with Gasteiger partial charge in [0.05, 0.1) is 12.2 Å². The number of carbonyl (C=O) groups excluding carboxylic acids is 2. The van der Waals surface area contributed by atoms with Crippen molar-refractivity contribution in [1.82, 2.24) is 0 Å². The molecule has 0 radical (unpaired) electrons. The first kappa shape index (κ1) is 24.0. The number of phenols is 1. The lowest BCUT2D eigenvalue weighted by molar-refractivity contribution is 0.100. The van der Waals surface area contributed by atoms with Crippen LogP contribution in [0.25, 0.3) is 0 Å². The predicted molar refractivity (Wildman–Crippen MR) is 123 cm³/mol. The number of Topliss-reactive ketones (excluding diaryl/α,β-unsaturated/α-hetero) is 2. The maximum Gasteiger partial charge on any atom is 0.163 e. The lowest BCUT2D eigenvalue weighted by Gasteiger charge is -2.14. The zero-order valence-corrected chi connectivity index (χ0v) is 19.2. The zero-order chi connectivity index (χ0) is 22.1. The highest BCUT2D eigenvalue weighted by Crippen LogP contribution is 2.34. The van der Waals surface area contributed by atoms with Gasteiger partial charge in [0.25, 0.3) is 0 Å². The first-order chi connectivity index (χ1) is 14.4. The maximum absolute atomic E-state index is 11.7. The summed E-state index contributed by atoms with van der Waals surface area (Å²) in [6.45, 7) is 7.82. The van der Waals surface area contributed by atoms with E-state index < -0.39 is 0 Å². The minimum Gasteiger partial charge on any atom is -0.507 e. The van der Waals surface area contributed by atoms with Gasteiger partial charge in [0, 0.05) is 21.8 Å². The minimum atomic E-state index is -0.117. The molecule has 0 aromatic heterocycles. The number of carbonyl (C=O) groups is 2. The number of aromatic hydroxyl groups is 1. The van der Waals surface area contributed by atoms with Crippen molar-refractivity contribution >= 4 is 23.3 Å². The van der Waals surface area contributed by atoms with Crippen molar-refractivity contribution in [2.24, 2.45) is 0 Å². The molecule has 1 N–H and O–H groups in total. The standard InChI is InChI=1S/C25H32O4S/c1-5-8-20-16-19(17(3)26)10-12-23(20)29-14-7-15-30-24-13-11-21(18(4)27)25(28)22(24)9-6-2/h10-13,16,28H,5-9,14-15H2,1-4H3. The van der Waals surface area contributed by atoms with Crippen LogP contribution >= 0.6 is 11.8 Å². The molecule has 5 heteroatoms. The average Bonchev–Trinajstić information content (AvgIpc) is 2.70. The van der Waals surface area contributed by atoms with E-state index in [4.69, 9.17) is 4.74 Å². The second-order valence-electron chi connectivity index (χ2n) is 7.42. The molecular weight excluding hydrogens is 396 g/mol. The Bertz CT molecular complexity index is 889. The summed E-state index contributed by atoms with van der Waals surface area (Å²) in [4.78, 5) is 24.3. The fraction of sp³-hybridized carbons (Fsp3) is 0.440. The van der Waals surface area contributed by atoms with Gasteiger partial charge >= 0.3 is 0 Å². The average molecular weight is 429 g/mol. The van der Waals surface area contributed by atoms with Crippen molar-refractivity contribution in [3.63, 3.8) is 0 Å². The molecule has 0 aliphatic heterocycles. The Labute approximate surface area is 184 Å². The molecule has 0 spiro atoms. The molecule has 0 atom stereocenters. The second kappa shape index (κ2) is 11.8. The van der Waals surface area contributed by atoms with Crippen molar-refractivity contribution in [2.75, 3.05) is 12.4 Å². The highest BCUT2D eigenvalue weighted by atomic mass is 32.2. The molecule has 0 amide bonds. The van der Waals surface area contributed by atoms with E-state index in [1.54, 1.807) is 24.8 Å². The van der Waals surface area contributed by atoms with Crippen LogP contribution in [-0.4, -0.2) is 29.0 Å². The number of rotatable bonds is 12. The van der Waals surface area contributed by atoms with E-state index in [1.165, 1.54) is 6.92 Å². The lowest BCUT2D eigenvalue weighted by Crippen LogP contribution is -2.04. The van der Waals surface area contributed by atoms with Crippen LogP contribution in [0.15, 0.2) is 35.2 Å². The summed E-state index contributed by atoms with van der Waals surface area (Å²) in [5.41, 5.74) is 3.05. The fourth-order valence-electron chi connectivity index (χ4n) is 3.36. The molecule has 0 bridgehead atoms. The third-order valence-corrected chi connectivity index (χ3v) is 6.10. The van der Waals surface area contributed by atoms with E-state index in [1.807, 2.05) is 24.3 Å². The SMILES string of the molecule is CCCc1cc(C(C)=O)ccc1OCCCSc1ccc(C(C)=O)c(O)c1CCC. The second-order valence-corrected chi connectivity index (χ2v) is 8.56. The Morgan fingerprint density at radius 1 is 1.00 bits per heavy atom. The molecule has 30 heavy (non-hydrogen) atoms. The first-order valence-electron chi connectivity index (χ1n) is 10.6. The summed E-state index contributed by atoms with van der Waals surface area (Å²) in [7, 11) is 0. The summed E-state index contributed by atoms with van der Waals surface area (Å²) in [5.74, 6) is 1.78. The Morgan fingerprint density at radius 2 is 1.73 bits per heavy atom. The van der Waals surface area contributed by atoms with Gasteiger partial charge in [-0.05, 0) is 69.0 Å². The topological polar surface area (TPSA) is 63.6 Å². The number of benzene rings is 2. The number of ether oxygens (including phenoxy) is 1. The van der Waals surface area contributed by atoms with E-state index in [2.05, 4.69) is 13.8 Å². The molecule has 2 aromatic rings. The number of hydrogen-bond acceptors (Lipinski definition) is 5. The minimum absolute atomic E-state index is 0.0669. The maximum atomic E-state index is 11.7. The summed E-state index contributed by atoms with van der Waals surface area (Å²) < 4.78 is 6.00. The van der Waals surface area contributed by atoms with Gasteiger partial charge in [-0.2, -0.15) is 0 Å². The number of hydrogen-bond donors (Lipinski definition) is 1. The van der Waals surface area contributed by atoms with Crippen molar-refractivity contribution in [3.05, 3.63) is 52.6 Å². The van der Waals surface area contributed by atoms with Crippen LogP contribution in [0.2, 0.25) is 0 Å². The molecule has 0 saturated carbocycles. The van der Waals surface area contributed by atoms with Gasteiger partial charge in [-0.15, -0.1) is 11.8 Å². The fourth-order valence-corrected chi connectivity index (χ4v) is 4.38. The van der Waals surface area contributed by atoms with E-state index in [0.29, 0.717) is 12.2 Å². The Kier molecular flexibility index (Phi) is 9.44.